The fraction of sp³-hybridized carbons (Fsp3) is 0.391. The first kappa shape index (κ1) is 25.0. The van der Waals surface area contributed by atoms with Crippen molar-refractivity contribution in [2.24, 2.45) is 4.99 Å². The molecule has 1 aliphatic rings. The molecule has 0 saturated heterocycles. The number of hydrogen-bond acceptors (Lipinski definition) is 2. The highest BCUT2D eigenvalue weighted by Gasteiger charge is 2.44. The van der Waals surface area contributed by atoms with Crippen molar-refractivity contribution in [3.63, 3.8) is 0 Å². The number of benzene rings is 2. The van der Waals surface area contributed by atoms with E-state index in [1.165, 1.54) is 18.2 Å². The van der Waals surface area contributed by atoms with E-state index in [1.54, 1.807) is 24.3 Å². The number of amides is 1. The lowest BCUT2D eigenvalue weighted by atomic mass is 9.96. The molecule has 0 spiro atoms. The van der Waals surface area contributed by atoms with Gasteiger partial charge in [-0.1, -0.05) is 24.3 Å². The molecule has 0 unspecified atom stereocenters. The summed E-state index contributed by atoms with van der Waals surface area (Å²) in [5.41, 5.74) is 1.55. The summed E-state index contributed by atoms with van der Waals surface area (Å²) in [6.07, 6.45) is 2.13. The smallest absolute Gasteiger partial charge is 0.224 e. The molecule has 31 heavy (non-hydrogen) atoms. The van der Waals surface area contributed by atoms with Crippen LogP contribution in [0, 0.1) is 11.6 Å². The summed E-state index contributed by atoms with van der Waals surface area (Å²) >= 11 is 0. The molecular weight excluding hydrogens is 513 g/mol. The van der Waals surface area contributed by atoms with E-state index in [9.17, 15) is 13.6 Å². The van der Waals surface area contributed by atoms with E-state index in [0.29, 0.717) is 37.7 Å². The number of nitrogens with one attached hydrogen (secondary N) is 3. The Labute approximate surface area is 199 Å². The van der Waals surface area contributed by atoms with Crippen LogP contribution < -0.4 is 16.0 Å². The third-order valence-corrected chi connectivity index (χ3v) is 5.17. The number of guanidine groups is 1. The van der Waals surface area contributed by atoms with Gasteiger partial charge in [0.2, 0.25) is 5.91 Å². The van der Waals surface area contributed by atoms with Crippen LogP contribution in [0.3, 0.4) is 0 Å². The summed E-state index contributed by atoms with van der Waals surface area (Å²) in [6, 6.07) is 12.8. The average molecular weight is 542 g/mol. The molecule has 3 rings (SSSR count). The van der Waals surface area contributed by atoms with Gasteiger partial charge in [-0.25, -0.2) is 8.78 Å². The molecule has 0 aromatic heterocycles. The highest BCUT2D eigenvalue weighted by Crippen LogP contribution is 2.48. The van der Waals surface area contributed by atoms with E-state index in [0.717, 1.165) is 18.4 Å². The molecule has 0 bridgehead atoms. The van der Waals surface area contributed by atoms with Gasteiger partial charge < -0.3 is 16.0 Å². The molecule has 1 aliphatic carbocycles. The normalized spacial score (nSPS) is 14.4. The van der Waals surface area contributed by atoms with Gasteiger partial charge in [-0.3, -0.25) is 9.79 Å². The second-order valence-electron chi connectivity index (χ2n) is 7.57. The van der Waals surface area contributed by atoms with Gasteiger partial charge in [-0.2, -0.15) is 0 Å². The zero-order chi connectivity index (χ0) is 21.4. The zero-order valence-corrected chi connectivity index (χ0v) is 19.9. The van der Waals surface area contributed by atoms with Gasteiger partial charge in [-0.15, -0.1) is 24.0 Å². The SMILES string of the molecule is CCNC(=NCC1(c2cccc(F)c2)CC1)NCCNC(=O)Cc1cccc(F)c1.I. The predicted molar refractivity (Wildman–Crippen MR) is 130 cm³/mol. The van der Waals surface area contributed by atoms with Crippen molar-refractivity contribution in [1.29, 1.82) is 0 Å². The third kappa shape index (κ3) is 7.75. The molecule has 8 heteroatoms. The summed E-state index contributed by atoms with van der Waals surface area (Å²) in [4.78, 5) is 16.7. The van der Waals surface area contributed by atoms with Crippen LogP contribution in [0.15, 0.2) is 53.5 Å². The fourth-order valence-corrected chi connectivity index (χ4v) is 3.36. The lowest BCUT2D eigenvalue weighted by molar-refractivity contribution is -0.120. The minimum absolute atomic E-state index is 0. The number of nitrogens with zero attached hydrogens (tertiary/aromatic N) is 1. The monoisotopic (exact) mass is 542 g/mol. The Kier molecular flexibility index (Phi) is 9.67. The summed E-state index contributed by atoms with van der Waals surface area (Å²) < 4.78 is 26.8. The minimum atomic E-state index is -0.347. The highest BCUT2D eigenvalue weighted by atomic mass is 127. The molecule has 0 aliphatic heterocycles. The van der Waals surface area contributed by atoms with E-state index >= 15 is 0 Å². The molecule has 1 fully saturated rings. The Morgan fingerprint density at radius 1 is 1.00 bits per heavy atom. The summed E-state index contributed by atoms with van der Waals surface area (Å²) in [6.45, 7) is 4.21. The van der Waals surface area contributed by atoms with Crippen LogP contribution in [0.1, 0.15) is 30.9 Å². The van der Waals surface area contributed by atoms with E-state index < -0.39 is 0 Å². The molecule has 2 aromatic carbocycles. The minimum Gasteiger partial charge on any atom is -0.357 e. The first-order valence-corrected chi connectivity index (χ1v) is 10.3. The molecule has 2 aromatic rings. The second-order valence-corrected chi connectivity index (χ2v) is 7.57. The standard InChI is InChI=1S/C23H28F2N4O.HI/c1-2-26-22(29-16-23(9-10-23)18-6-4-8-20(25)15-18)28-12-11-27-21(30)14-17-5-3-7-19(24)13-17;/h3-8,13,15H,2,9-12,14,16H2,1H3,(H,27,30)(H2,26,28,29);1H. The lowest BCUT2D eigenvalue weighted by Crippen LogP contribution is -2.42. The van der Waals surface area contributed by atoms with E-state index in [2.05, 4.69) is 20.9 Å². The summed E-state index contributed by atoms with van der Waals surface area (Å²) in [5.74, 6) is -0.0613. The number of carbonyl (C=O) groups excluding carboxylic acids is 1. The van der Waals surface area contributed by atoms with Crippen molar-refractivity contribution in [1.82, 2.24) is 16.0 Å². The molecule has 3 N–H and O–H groups in total. The van der Waals surface area contributed by atoms with E-state index in [1.807, 2.05) is 13.0 Å². The summed E-state index contributed by atoms with van der Waals surface area (Å²) in [7, 11) is 0. The Morgan fingerprint density at radius 2 is 1.68 bits per heavy atom. The number of rotatable bonds is 9. The van der Waals surface area contributed by atoms with Gasteiger partial charge >= 0.3 is 0 Å². The molecule has 1 saturated carbocycles. The average Bonchev–Trinajstić information content (AvgIpc) is 3.50. The molecule has 0 radical (unpaired) electrons. The first-order valence-electron chi connectivity index (χ1n) is 10.3. The largest absolute Gasteiger partial charge is 0.357 e. The molecule has 0 atom stereocenters. The van der Waals surface area contributed by atoms with Crippen molar-refractivity contribution in [2.45, 2.75) is 31.6 Å². The van der Waals surface area contributed by atoms with Crippen LogP contribution in [-0.2, 0) is 16.6 Å². The van der Waals surface area contributed by atoms with E-state index in [-0.39, 0.29) is 53.4 Å². The van der Waals surface area contributed by atoms with Crippen LogP contribution in [0.25, 0.3) is 0 Å². The fourth-order valence-electron chi connectivity index (χ4n) is 3.36. The third-order valence-electron chi connectivity index (χ3n) is 5.17. The quantitative estimate of drug-likeness (QED) is 0.197. The van der Waals surface area contributed by atoms with Crippen molar-refractivity contribution in [3.05, 3.63) is 71.3 Å². The Bertz CT molecular complexity index is 903. The van der Waals surface area contributed by atoms with Crippen LogP contribution in [0.4, 0.5) is 8.78 Å². The van der Waals surface area contributed by atoms with Gasteiger partial charge in [0, 0.05) is 25.0 Å². The Balaban J connectivity index is 0.00000341. The van der Waals surface area contributed by atoms with Gasteiger partial charge in [0.25, 0.3) is 0 Å². The van der Waals surface area contributed by atoms with Crippen molar-refractivity contribution in [3.8, 4) is 0 Å². The maximum absolute atomic E-state index is 13.6. The van der Waals surface area contributed by atoms with Crippen LogP contribution in [0.5, 0.6) is 0 Å². The van der Waals surface area contributed by atoms with Gasteiger partial charge in [0.05, 0.1) is 13.0 Å². The van der Waals surface area contributed by atoms with Crippen molar-refractivity contribution < 1.29 is 13.6 Å². The molecule has 168 valence electrons. The Morgan fingerprint density at radius 3 is 2.32 bits per heavy atom. The number of aliphatic imine (C=N–C) groups is 1. The van der Waals surface area contributed by atoms with Gasteiger partial charge in [-0.05, 0) is 55.2 Å². The highest BCUT2D eigenvalue weighted by molar-refractivity contribution is 14.0. The van der Waals surface area contributed by atoms with Crippen LogP contribution in [0.2, 0.25) is 0 Å². The van der Waals surface area contributed by atoms with Crippen molar-refractivity contribution >= 4 is 35.8 Å². The number of hydrogen-bond donors (Lipinski definition) is 3. The number of halogens is 3. The predicted octanol–water partition coefficient (Wildman–Crippen LogP) is 3.53. The van der Waals surface area contributed by atoms with Gasteiger partial charge in [0.15, 0.2) is 5.96 Å². The summed E-state index contributed by atoms with van der Waals surface area (Å²) in [5, 5.41) is 9.21. The molecule has 0 heterocycles. The van der Waals surface area contributed by atoms with Crippen LogP contribution in [-0.4, -0.2) is 38.0 Å². The van der Waals surface area contributed by atoms with Crippen molar-refractivity contribution in [2.75, 3.05) is 26.2 Å². The maximum Gasteiger partial charge on any atom is 0.224 e. The molecule has 1 amide bonds. The number of carbonyl (C=O) groups is 1. The maximum atomic E-state index is 13.6. The van der Waals surface area contributed by atoms with E-state index in [4.69, 9.17) is 0 Å². The first-order chi connectivity index (χ1) is 14.5. The molecular formula is C23H29F2IN4O. The zero-order valence-electron chi connectivity index (χ0n) is 17.6. The molecule has 5 nitrogen and oxygen atoms in total. The second kappa shape index (κ2) is 12.0. The van der Waals surface area contributed by atoms with Gasteiger partial charge in [0.1, 0.15) is 11.6 Å². The topological polar surface area (TPSA) is 65.5 Å². The Hall–Kier alpha value is -2.23. The lowest BCUT2D eigenvalue weighted by Gasteiger charge is -2.16. The van der Waals surface area contributed by atoms with Crippen LogP contribution >= 0.6 is 24.0 Å².